The third-order valence-corrected chi connectivity index (χ3v) is 7.08. The van der Waals surface area contributed by atoms with Gasteiger partial charge in [-0.05, 0) is 41.8 Å². The number of halogens is 2. The molecule has 0 saturated carbocycles. The fourth-order valence-corrected chi connectivity index (χ4v) is 5.15. The highest BCUT2D eigenvalue weighted by atomic mass is 35.5. The monoisotopic (exact) mass is 492 g/mol. The first-order valence-electron chi connectivity index (χ1n) is 10.8. The smallest absolute Gasteiger partial charge is 0.256 e. The SMILES string of the molecule is O=C(c1ccccc1F)N1CCN(c2nc3cc(Cl)ccc3c3nnc(-c4cccs4)n23)CC1. The van der Waals surface area contributed by atoms with Gasteiger partial charge in [0, 0.05) is 36.6 Å². The number of carbonyl (C=O) groups excluding carboxylic acids is 1. The molecule has 5 aromatic rings. The van der Waals surface area contributed by atoms with E-state index in [-0.39, 0.29) is 11.5 Å². The summed E-state index contributed by atoms with van der Waals surface area (Å²) in [4.78, 5) is 22.6. The van der Waals surface area contributed by atoms with Crippen LogP contribution in [0.5, 0.6) is 0 Å². The van der Waals surface area contributed by atoms with E-state index in [4.69, 9.17) is 16.6 Å². The van der Waals surface area contributed by atoms with Gasteiger partial charge in [0.05, 0.1) is 16.0 Å². The summed E-state index contributed by atoms with van der Waals surface area (Å²) >= 11 is 7.83. The van der Waals surface area contributed by atoms with Crippen molar-refractivity contribution in [3.63, 3.8) is 0 Å². The number of carbonyl (C=O) groups is 1. The molecule has 2 aromatic carbocycles. The topological polar surface area (TPSA) is 66.6 Å². The van der Waals surface area contributed by atoms with Gasteiger partial charge in [0.25, 0.3) is 5.91 Å². The van der Waals surface area contributed by atoms with Crippen LogP contribution in [0.2, 0.25) is 5.02 Å². The number of hydrogen-bond donors (Lipinski definition) is 0. The van der Waals surface area contributed by atoms with Crippen molar-refractivity contribution in [1.82, 2.24) is 24.5 Å². The van der Waals surface area contributed by atoms with Gasteiger partial charge in [0.1, 0.15) is 5.82 Å². The highest BCUT2D eigenvalue weighted by Gasteiger charge is 2.27. The Morgan fingerprint density at radius 2 is 1.82 bits per heavy atom. The van der Waals surface area contributed by atoms with Crippen LogP contribution in [-0.4, -0.2) is 56.6 Å². The highest BCUT2D eigenvalue weighted by Crippen LogP contribution is 2.31. The van der Waals surface area contributed by atoms with Crippen LogP contribution in [0.25, 0.3) is 27.3 Å². The van der Waals surface area contributed by atoms with Crippen molar-refractivity contribution in [2.24, 2.45) is 0 Å². The number of aromatic nitrogens is 4. The third kappa shape index (κ3) is 3.48. The van der Waals surface area contributed by atoms with E-state index < -0.39 is 5.82 Å². The second-order valence-electron chi connectivity index (χ2n) is 7.99. The van der Waals surface area contributed by atoms with Crippen molar-refractivity contribution in [2.45, 2.75) is 0 Å². The number of benzene rings is 2. The quantitative estimate of drug-likeness (QED) is 0.363. The molecule has 0 aliphatic carbocycles. The Balaban J connectivity index is 1.39. The summed E-state index contributed by atoms with van der Waals surface area (Å²) in [5.41, 5.74) is 1.52. The van der Waals surface area contributed by atoms with E-state index >= 15 is 0 Å². The highest BCUT2D eigenvalue weighted by molar-refractivity contribution is 7.13. The normalized spacial score (nSPS) is 14.3. The van der Waals surface area contributed by atoms with Crippen LogP contribution in [0.4, 0.5) is 10.3 Å². The second kappa shape index (κ2) is 8.34. The molecule has 0 atom stereocenters. The first-order chi connectivity index (χ1) is 16.6. The predicted molar refractivity (Wildman–Crippen MR) is 131 cm³/mol. The van der Waals surface area contributed by atoms with E-state index in [1.165, 1.54) is 12.1 Å². The largest absolute Gasteiger partial charge is 0.338 e. The number of hydrogen-bond acceptors (Lipinski definition) is 6. The van der Waals surface area contributed by atoms with Gasteiger partial charge in [-0.2, -0.15) is 0 Å². The lowest BCUT2D eigenvalue weighted by Gasteiger charge is -2.35. The molecule has 0 N–H and O–H groups in total. The van der Waals surface area contributed by atoms with Crippen molar-refractivity contribution in [3.05, 3.63) is 76.4 Å². The van der Waals surface area contributed by atoms with Crippen LogP contribution in [-0.2, 0) is 0 Å². The molecule has 1 amide bonds. The molecule has 0 spiro atoms. The number of piperazine rings is 1. The van der Waals surface area contributed by atoms with Gasteiger partial charge in [-0.15, -0.1) is 21.5 Å². The molecule has 0 radical (unpaired) electrons. The second-order valence-corrected chi connectivity index (χ2v) is 9.38. The molecule has 34 heavy (non-hydrogen) atoms. The Bertz CT molecular complexity index is 1530. The zero-order valence-electron chi connectivity index (χ0n) is 17.9. The van der Waals surface area contributed by atoms with Gasteiger partial charge in [-0.25, -0.2) is 13.8 Å². The molecule has 0 bridgehead atoms. The minimum Gasteiger partial charge on any atom is -0.338 e. The average molecular weight is 493 g/mol. The Kier molecular flexibility index (Phi) is 5.15. The molecular weight excluding hydrogens is 475 g/mol. The molecule has 6 rings (SSSR count). The lowest BCUT2D eigenvalue weighted by Crippen LogP contribution is -2.49. The molecular formula is C24H18ClFN6OS. The maximum atomic E-state index is 14.1. The summed E-state index contributed by atoms with van der Waals surface area (Å²) in [6, 6.07) is 15.6. The predicted octanol–water partition coefficient (Wildman–Crippen LogP) is 4.76. The summed E-state index contributed by atoms with van der Waals surface area (Å²) in [5.74, 6) is 0.602. The fourth-order valence-electron chi connectivity index (χ4n) is 4.28. The molecule has 3 aromatic heterocycles. The number of thiophene rings is 1. The van der Waals surface area contributed by atoms with Crippen LogP contribution in [0.3, 0.4) is 0 Å². The van der Waals surface area contributed by atoms with Crippen LogP contribution in [0, 0.1) is 5.82 Å². The zero-order chi connectivity index (χ0) is 23.2. The molecule has 1 fully saturated rings. The Morgan fingerprint density at radius 1 is 1.00 bits per heavy atom. The van der Waals surface area contributed by atoms with E-state index in [1.54, 1.807) is 28.4 Å². The van der Waals surface area contributed by atoms with Crippen LogP contribution >= 0.6 is 22.9 Å². The van der Waals surface area contributed by atoms with Gasteiger partial charge in [0.15, 0.2) is 11.5 Å². The van der Waals surface area contributed by atoms with Crippen molar-refractivity contribution in [3.8, 4) is 10.7 Å². The van der Waals surface area contributed by atoms with E-state index in [9.17, 15) is 9.18 Å². The summed E-state index contributed by atoms with van der Waals surface area (Å²) in [6.45, 7) is 1.97. The van der Waals surface area contributed by atoms with Gasteiger partial charge in [-0.3, -0.25) is 4.79 Å². The Hall–Kier alpha value is -3.56. The number of anilines is 1. The van der Waals surface area contributed by atoms with E-state index in [0.29, 0.717) is 48.6 Å². The standard InChI is InChI=1S/C24H18ClFN6OS/c25-15-7-8-17-19(14-15)27-24(32-21(17)28-29-22(32)20-6-3-13-34-20)31-11-9-30(10-12-31)23(33)16-4-1-2-5-18(16)26/h1-8,13-14H,9-12H2. The van der Waals surface area contributed by atoms with Gasteiger partial charge < -0.3 is 9.80 Å². The van der Waals surface area contributed by atoms with E-state index in [2.05, 4.69) is 15.1 Å². The summed E-state index contributed by atoms with van der Waals surface area (Å²) in [5, 5.41) is 12.4. The average Bonchev–Trinajstić information content (AvgIpc) is 3.54. The molecule has 1 saturated heterocycles. The van der Waals surface area contributed by atoms with Crippen molar-refractivity contribution in [1.29, 1.82) is 0 Å². The molecule has 4 heterocycles. The molecule has 0 unspecified atom stereocenters. The molecule has 1 aliphatic heterocycles. The van der Waals surface area contributed by atoms with Crippen molar-refractivity contribution < 1.29 is 9.18 Å². The molecule has 170 valence electrons. The number of amides is 1. The summed E-state index contributed by atoms with van der Waals surface area (Å²) in [6.07, 6.45) is 0. The maximum absolute atomic E-state index is 14.1. The lowest BCUT2D eigenvalue weighted by atomic mass is 10.1. The third-order valence-electron chi connectivity index (χ3n) is 5.98. The molecule has 10 heteroatoms. The van der Waals surface area contributed by atoms with Crippen molar-refractivity contribution >= 4 is 51.3 Å². The van der Waals surface area contributed by atoms with E-state index in [1.807, 2.05) is 40.1 Å². The number of nitrogens with zero attached hydrogens (tertiary/aromatic N) is 6. The summed E-state index contributed by atoms with van der Waals surface area (Å²) in [7, 11) is 0. The minimum absolute atomic E-state index is 0.0932. The van der Waals surface area contributed by atoms with E-state index in [0.717, 1.165) is 15.8 Å². The number of rotatable bonds is 3. The Labute approximate surface area is 203 Å². The lowest BCUT2D eigenvalue weighted by molar-refractivity contribution is 0.0741. The summed E-state index contributed by atoms with van der Waals surface area (Å²) < 4.78 is 16.1. The van der Waals surface area contributed by atoms with Crippen molar-refractivity contribution in [2.75, 3.05) is 31.1 Å². The van der Waals surface area contributed by atoms with Crippen LogP contribution in [0.15, 0.2) is 60.0 Å². The minimum atomic E-state index is -0.505. The first kappa shape index (κ1) is 21.0. The molecule has 1 aliphatic rings. The van der Waals surface area contributed by atoms with Gasteiger partial charge in [0.2, 0.25) is 5.95 Å². The Morgan fingerprint density at radius 3 is 2.59 bits per heavy atom. The van der Waals surface area contributed by atoms with Gasteiger partial charge in [-0.1, -0.05) is 29.8 Å². The maximum Gasteiger partial charge on any atom is 0.256 e. The van der Waals surface area contributed by atoms with Crippen LogP contribution in [0.1, 0.15) is 10.4 Å². The fraction of sp³-hybridized carbons (Fsp3) is 0.167. The molecule has 7 nitrogen and oxygen atoms in total. The van der Waals surface area contributed by atoms with Gasteiger partial charge >= 0.3 is 0 Å². The first-order valence-corrected chi connectivity index (χ1v) is 12.0. The zero-order valence-corrected chi connectivity index (χ0v) is 19.4. The number of fused-ring (bicyclic) bond motifs is 3. The van der Waals surface area contributed by atoms with Crippen LogP contribution < -0.4 is 4.90 Å².